The molecule has 1 aromatic heterocycles. The predicted octanol–water partition coefficient (Wildman–Crippen LogP) is 4.52. The molecule has 0 bridgehead atoms. The van der Waals surface area contributed by atoms with Gasteiger partial charge in [-0.2, -0.15) is 0 Å². The van der Waals surface area contributed by atoms with Crippen LogP contribution in [0.2, 0.25) is 0 Å². The molecule has 0 radical (unpaired) electrons. The van der Waals surface area contributed by atoms with Crippen molar-refractivity contribution >= 4 is 27.3 Å². The molecule has 0 fully saturated rings. The van der Waals surface area contributed by atoms with Gasteiger partial charge < -0.3 is 5.32 Å². The molecular formula is C12H18BrNS. The smallest absolute Gasteiger partial charge is 0.0701 e. The van der Waals surface area contributed by atoms with E-state index in [1.165, 1.54) is 14.9 Å². The van der Waals surface area contributed by atoms with Crippen molar-refractivity contribution < 1.29 is 0 Å². The average Bonchev–Trinajstić information content (AvgIpc) is 2.58. The van der Waals surface area contributed by atoms with E-state index in [4.69, 9.17) is 0 Å². The normalized spacial score (nSPS) is 12.7. The van der Waals surface area contributed by atoms with Crippen molar-refractivity contribution in [3.05, 3.63) is 32.9 Å². The third-order valence-electron chi connectivity index (χ3n) is 2.18. The molecule has 0 aromatic carbocycles. The molecule has 1 atom stereocenters. The van der Waals surface area contributed by atoms with Crippen molar-refractivity contribution in [3.63, 3.8) is 0 Å². The molecule has 84 valence electrons. The van der Waals surface area contributed by atoms with Crippen molar-refractivity contribution in [2.45, 2.75) is 32.7 Å². The Hall–Kier alpha value is -0.120. The number of halogens is 1. The van der Waals surface area contributed by atoms with Crippen LogP contribution in [-0.4, -0.2) is 6.54 Å². The highest BCUT2D eigenvalue weighted by Gasteiger charge is 2.12. The molecule has 1 aromatic rings. The van der Waals surface area contributed by atoms with E-state index < -0.39 is 0 Å². The zero-order valence-corrected chi connectivity index (χ0v) is 11.7. The second kappa shape index (κ2) is 6.46. The van der Waals surface area contributed by atoms with E-state index >= 15 is 0 Å². The Bertz CT molecular complexity index is 319. The van der Waals surface area contributed by atoms with Gasteiger partial charge in [0.15, 0.2) is 0 Å². The monoisotopic (exact) mass is 287 g/mol. The Morgan fingerprint density at radius 2 is 2.40 bits per heavy atom. The fraction of sp³-hybridized carbons (Fsp3) is 0.500. The maximum Gasteiger partial charge on any atom is 0.0701 e. The number of hydrogen-bond acceptors (Lipinski definition) is 2. The first-order valence-corrected chi connectivity index (χ1v) is 6.92. The fourth-order valence-corrected chi connectivity index (χ4v) is 2.71. The summed E-state index contributed by atoms with van der Waals surface area (Å²) in [7, 11) is 0. The van der Waals surface area contributed by atoms with E-state index in [2.05, 4.69) is 53.1 Å². The lowest BCUT2D eigenvalue weighted by Gasteiger charge is -2.17. The highest BCUT2D eigenvalue weighted by Crippen LogP contribution is 2.28. The third kappa shape index (κ3) is 4.49. The molecule has 1 nitrogen and oxygen atoms in total. The molecule has 3 heteroatoms. The van der Waals surface area contributed by atoms with Gasteiger partial charge in [-0.3, -0.25) is 0 Å². The highest BCUT2D eigenvalue weighted by atomic mass is 79.9. The minimum atomic E-state index is 0.421. The number of hydrogen-bond donors (Lipinski definition) is 1. The molecule has 1 unspecified atom stereocenters. The molecule has 1 N–H and O–H groups in total. The van der Waals surface area contributed by atoms with Gasteiger partial charge in [-0.25, -0.2) is 0 Å². The number of rotatable bonds is 6. The van der Waals surface area contributed by atoms with Gasteiger partial charge in [0.1, 0.15) is 0 Å². The molecule has 0 aliphatic carbocycles. The van der Waals surface area contributed by atoms with E-state index in [-0.39, 0.29) is 0 Å². The molecule has 15 heavy (non-hydrogen) atoms. The van der Waals surface area contributed by atoms with Crippen LogP contribution in [0, 0.1) is 0 Å². The number of nitrogens with one attached hydrogen (secondary N) is 1. The van der Waals surface area contributed by atoms with Gasteiger partial charge in [0, 0.05) is 6.04 Å². The standard InChI is InChI=1S/C12H18BrNS/c1-4-5-14-11(6-9(2)3)10-7-12(13)15-8-10/h7-8,11,14H,2,4-6H2,1,3H3. The van der Waals surface area contributed by atoms with E-state index in [0.717, 1.165) is 19.4 Å². The largest absolute Gasteiger partial charge is 0.310 e. The molecule has 0 aliphatic heterocycles. The molecule has 0 spiro atoms. The summed E-state index contributed by atoms with van der Waals surface area (Å²) in [5, 5.41) is 5.76. The lowest BCUT2D eigenvalue weighted by molar-refractivity contribution is 0.529. The maximum absolute atomic E-state index is 3.99. The highest BCUT2D eigenvalue weighted by molar-refractivity contribution is 9.11. The van der Waals surface area contributed by atoms with E-state index in [1.54, 1.807) is 11.3 Å². The van der Waals surface area contributed by atoms with Crippen LogP contribution in [0.15, 0.2) is 27.4 Å². The summed E-state index contributed by atoms with van der Waals surface area (Å²) in [6.45, 7) is 9.32. The summed E-state index contributed by atoms with van der Waals surface area (Å²) in [5.41, 5.74) is 2.59. The summed E-state index contributed by atoms with van der Waals surface area (Å²) >= 11 is 5.24. The Balaban J connectivity index is 2.66. The van der Waals surface area contributed by atoms with Crippen molar-refractivity contribution in [2.24, 2.45) is 0 Å². The molecular weight excluding hydrogens is 270 g/mol. The zero-order valence-electron chi connectivity index (χ0n) is 9.35. The van der Waals surface area contributed by atoms with Crippen molar-refractivity contribution in [2.75, 3.05) is 6.54 Å². The van der Waals surface area contributed by atoms with Crippen LogP contribution in [0.4, 0.5) is 0 Å². The Labute approximate surface area is 105 Å². The van der Waals surface area contributed by atoms with Gasteiger partial charge in [0.25, 0.3) is 0 Å². The van der Waals surface area contributed by atoms with Crippen LogP contribution >= 0.6 is 27.3 Å². The van der Waals surface area contributed by atoms with Gasteiger partial charge >= 0.3 is 0 Å². The molecule has 1 rings (SSSR count). The van der Waals surface area contributed by atoms with E-state index in [9.17, 15) is 0 Å². The first-order chi connectivity index (χ1) is 7.13. The SMILES string of the molecule is C=C(C)CC(NCCC)c1csc(Br)c1. The van der Waals surface area contributed by atoms with Crippen LogP contribution in [0.3, 0.4) is 0 Å². The van der Waals surface area contributed by atoms with Gasteiger partial charge in [0.2, 0.25) is 0 Å². The van der Waals surface area contributed by atoms with Gasteiger partial charge in [-0.05, 0) is 59.2 Å². The van der Waals surface area contributed by atoms with Crippen LogP contribution in [0.5, 0.6) is 0 Å². The first kappa shape index (κ1) is 12.9. The average molecular weight is 288 g/mol. The Morgan fingerprint density at radius 3 is 2.87 bits per heavy atom. The summed E-state index contributed by atoms with van der Waals surface area (Å²) in [6, 6.07) is 2.62. The van der Waals surface area contributed by atoms with Crippen molar-refractivity contribution in [1.82, 2.24) is 5.32 Å². The van der Waals surface area contributed by atoms with Gasteiger partial charge in [-0.1, -0.05) is 12.5 Å². The van der Waals surface area contributed by atoms with Crippen LogP contribution in [0.1, 0.15) is 38.3 Å². The van der Waals surface area contributed by atoms with E-state index in [1.807, 2.05) is 0 Å². The predicted molar refractivity (Wildman–Crippen MR) is 72.5 cm³/mol. The van der Waals surface area contributed by atoms with Crippen LogP contribution in [-0.2, 0) is 0 Å². The molecule has 1 heterocycles. The summed E-state index contributed by atoms with van der Waals surface area (Å²) in [5.74, 6) is 0. The third-order valence-corrected chi connectivity index (χ3v) is 3.71. The quantitative estimate of drug-likeness (QED) is 0.759. The fourth-order valence-electron chi connectivity index (χ4n) is 1.48. The lowest BCUT2D eigenvalue weighted by Crippen LogP contribution is -2.21. The molecule has 0 aliphatic rings. The molecule has 0 amide bonds. The molecule has 0 saturated heterocycles. The van der Waals surface area contributed by atoms with Crippen molar-refractivity contribution in [1.29, 1.82) is 0 Å². The maximum atomic E-state index is 3.99. The van der Waals surface area contributed by atoms with Crippen LogP contribution < -0.4 is 5.32 Å². The van der Waals surface area contributed by atoms with Crippen LogP contribution in [0.25, 0.3) is 0 Å². The second-order valence-corrected chi connectivity index (χ2v) is 6.14. The van der Waals surface area contributed by atoms with Gasteiger partial charge in [-0.15, -0.1) is 17.9 Å². The Morgan fingerprint density at radius 1 is 1.67 bits per heavy atom. The second-order valence-electron chi connectivity index (χ2n) is 3.85. The lowest BCUT2D eigenvalue weighted by atomic mass is 10.0. The summed E-state index contributed by atoms with van der Waals surface area (Å²) in [6.07, 6.45) is 2.18. The molecule has 0 saturated carbocycles. The number of thiophene rings is 1. The summed E-state index contributed by atoms with van der Waals surface area (Å²) < 4.78 is 1.20. The topological polar surface area (TPSA) is 12.0 Å². The minimum absolute atomic E-state index is 0.421. The zero-order chi connectivity index (χ0) is 11.3. The van der Waals surface area contributed by atoms with Crippen molar-refractivity contribution in [3.8, 4) is 0 Å². The van der Waals surface area contributed by atoms with E-state index in [0.29, 0.717) is 6.04 Å². The summed E-state index contributed by atoms with van der Waals surface area (Å²) in [4.78, 5) is 0. The van der Waals surface area contributed by atoms with Gasteiger partial charge in [0.05, 0.1) is 3.79 Å². The first-order valence-electron chi connectivity index (χ1n) is 5.25. The minimum Gasteiger partial charge on any atom is -0.310 e. The Kier molecular flexibility index (Phi) is 5.58.